The molecule has 0 saturated heterocycles. The molecule has 8 nitrogen and oxygen atoms in total. The summed E-state index contributed by atoms with van der Waals surface area (Å²) in [6.45, 7) is 4.32. The average Bonchev–Trinajstić information content (AvgIpc) is 2.76. The first-order valence-electron chi connectivity index (χ1n) is 9.45. The first-order valence-corrected chi connectivity index (χ1v) is 11.3. The van der Waals surface area contributed by atoms with Gasteiger partial charge in [0, 0.05) is 24.2 Å². The fourth-order valence-electron chi connectivity index (χ4n) is 2.72. The lowest BCUT2D eigenvalue weighted by atomic mass is 10.2. The van der Waals surface area contributed by atoms with E-state index in [2.05, 4.69) is 10.9 Å². The highest BCUT2D eigenvalue weighted by molar-refractivity contribution is 7.89. The Kier molecular flexibility index (Phi) is 8.61. The van der Waals surface area contributed by atoms with Crippen molar-refractivity contribution in [2.75, 3.05) is 20.2 Å². The van der Waals surface area contributed by atoms with Gasteiger partial charge >= 0.3 is 0 Å². The summed E-state index contributed by atoms with van der Waals surface area (Å²) in [5, 5.41) is 0.351. The van der Waals surface area contributed by atoms with Gasteiger partial charge in [-0.05, 0) is 42.0 Å². The Morgan fingerprint density at radius 2 is 1.71 bits per heavy atom. The minimum atomic E-state index is -3.54. The molecule has 0 spiro atoms. The molecule has 2 aromatic rings. The second kappa shape index (κ2) is 10.9. The predicted octanol–water partition coefficient (Wildman–Crippen LogP) is 2.85. The number of rotatable bonds is 8. The van der Waals surface area contributed by atoms with Gasteiger partial charge in [0.2, 0.25) is 10.0 Å². The lowest BCUT2D eigenvalue weighted by Gasteiger charge is -2.18. The number of carbonyl (C=O) groups is 2. The molecular formula is C21H24ClN3O5S. The maximum Gasteiger partial charge on any atom is 0.273 e. The number of hydrogen-bond donors (Lipinski definition) is 2. The Morgan fingerprint density at radius 1 is 1.06 bits per heavy atom. The minimum absolute atomic E-state index is 0.171. The van der Waals surface area contributed by atoms with Crippen molar-refractivity contribution in [1.29, 1.82) is 0 Å². The van der Waals surface area contributed by atoms with Crippen LogP contribution in [0.2, 0.25) is 5.02 Å². The van der Waals surface area contributed by atoms with Crippen LogP contribution in [0.4, 0.5) is 0 Å². The Morgan fingerprint density at radius 3 is 2.29 bits per heavy atom. The normalized spacial score (nSPS) is 11.5. The maximum absolute atomic E-state index is 12.5. The van der Waals surface area contributed by atoms with Crippen LogP contribution in [0.25, 0.3) is 6.08 Å². The van der Waals surface area contributed by atoms with Crippen molar-refractivity contribution in [3.63, 3.8) is 0 Å². The molecule has 0 aromatic heterocycles. The van der Waals surface area contributed by atoms with E-state index in [1.165, 1.54) is 41.8 Å². The quantitative estimate of drug-likeness (QED) is 0.460. The molecule has 2 rings (SSSR count). The summed E-state index contributed by atoms with van der Waals surface area (Å²) >= 11 is 5.90. The van der Waals surface area contributed by atoms with E-state index in [4.69, 9.17) is 16.3 Å². The van der Waals surface area contributed by atoms with Gasteiger partial charge in [-0.3, -0.25) is 20.4 Å². The Balaban J connectivity index is 1.99. The number of benzene rings is 2. The molecule has 0 unspecified atom stereocenters. The van der Waals surface area contributed by atoms with Gasteiger partial charge in [-0.2, -0.15) is 4.31 Å². The fourth-order valence-corrected chi connectivity index (χ4v) is 4.35. The molecule has 2 aromatic carbocycles. The van der Waals surface area contributed by atoms with Crippen LogP contribution in [0.3, 0.4) is 0 Å². The first kappa shape index (κ1) is 24.4. The largest absolute Gasteiger partial charge is 0.496 e. The second-order valence-electron chi connectivity index (χ2n) is 6.28. The molecular weight excluding hydrogens is 442 g/mol. The van der Waals surface area contributed by atoms with Crippen molar-refractivity contribution in [3.05, 3.63) is 64.7 Å². The third kappa shape index (κ3) is 6.30. The second-order valence-corrected chi connectivity index (χ2v) is 8.65. The van der Waals surface area contributed by atoms with Crippen molar-refractivity contribution < 1.29 is 22.7 Å². The number of halogens is 1. The van der Waals surface area contributed by atoms with Gasteiger partial charge in [0.25, 0.3) is 11.8 Å². The van der Waals surface area contributed by atoms with Crippen molar-refractivity contribution in [2.24, 2.45) is 0 Å². The molecule has 0 saturated carbocycles. The molecule has 0 atom stereocenters. The zero-order valence-electron chi connectivity index (χ0n) is 17.4. The SMILES string of the molecule is CCN(CC)S(=O)(=O)c1ccc(/C=C/C(=O)NNC(=O)c2cc(Cl)ccc2OC)cc1. The van der Waals surface area contributed by atoms with Gasteiger partial charge in [-0.25, -0.2) is 8.42 Å². The molecule has 31 heavy (non-hydrogen) atoms. The van der Waals surface area contributed by atoms with Gasteiger partial charge in [-0.1, -0.05) is 37.6 Å². The van der Waals surface area contributed by atoms with E-state index in [0.717, 1.165) is 0 Å². The van der Waals surface area contributed by atoms with Crippen LogP contribution in [0.15, 0.2) is 53.4 Å². The van der Waals surface area contributed by atoms with Crippen molar-refractivity contribution >= 4 is 39.5 Å². The summed E-state index contributed by atoms with van der Waals surface area (Å²) in [7, 11) is -2.12. The standard InChI is InChI=1S/C21H24ClN3O5S/c1-4-25(5-2)31(28,29)17-10-6-15(7-11-17)8-13-20(26)23-24-21(27)18-14-16(22)9-12-19(18)30-3/h6-14H,4-5H2,1-3H3,(H,23,26)(H,24,27)/b13-8+. The molecule has 0 aliphatic carbocycles. The summed E-state index contributed by atoms with van der Waals surface area (Å²) in [6.07, 6.45) is 2.71. The summed E-state index contributed by atoms with van der Waals surface area (Å²) in [5.74, 6) is -0.854. The molecule has 0 radical (unpaired) electrons. The van der Waals surface area contributed by atoms with E-state index < -0.39 is 21.8 Å². The number of hydrazine groups is 1. The molecule has 0 aliphatic heterocycles. The number of amides is 2. The van der Waals surface area contributed by atoms with E-state index in [1.807, 2.05) is 0 Å². The van der Waals surface area contributed by atoms with Crippen LogP contribution in [-0.2, 0) is 14.8 Å². The van der Waals surface area contributed by atoms with Gasteiger partial charge in [-0.15, -0.1) is 0 Å². The lowest BCUT2D eigenvalue weighted by Crippen LogP contribution is -2.40. The molecule has 0 bridgehead atoms. The molecule has 2 N–H and O–H groups in total. The maximum atomic E-state index is 12.5. The van der Waals surface area contributed by atoms with Gasteiger partial charge in [0.1, 0.15) is 5.75 Å². The van der Waals surface area contributed by atoms with Crippen LogP contribution in [0.1, 0.15) is 29.8 Å². The first-order chi connectivity index (χ1) is 14.7. The monoisotopic (exact) mass is 465 g/mol. The molecule has 0 aliphatic rings. The van der Waals surface area contributed by atoms with Gasteiger partial charge in [0.15, 0.2) is 0 Å². The van der Waals surface area contributed by atoms with Gasteiger partial charge in [0.05, 0.1) is 17.6 Å². The summed E-state index contributed by atoms with van der Waals surface area (Å²) in [6, 6.07) is 10.7. The number of carbonyl (C=O) groups excluding carboxylic acids is 2. The molecule has 0 fully saturated rings. The van der Waals surface area contributed by atoms with Crippen LogP contribution < -0.4 is 15.6 Å². The lowest BCUT2D eigenvalue weighted by molar-refractivity contribution is -0.117. The molecule has 166 valence electrons. The summed E-state index contributed by atoms with van der Waals surface area (Å²) < 4.78 is 31.5. The number of hydrogen-bond acceptors (Lipinski definition) is 5. The smallest absolute Gasteiger partial charge is 0.273 e. The van der Waals surface area contributed by atoms with Crippen molar-refractivity contribution in [1.82, 2.24) is 15.2 Å². The van der Waals surface area contributed by atoms with Crippen LogP contribution in [-0.4, -0.2) is 44.7 Å². The average molecular weight is 466 g/mol. The number of methoxy groups -OCH3 is 1. The van der Waals surface area contributed by atoms with Crippen LogP contribution in [0, 0.1) is 0 Å². The fraction of sp³-hybridized carbons (Fsp3) is 0.238. The summed E-state index contributed by atoms with van der Waals surface area (Å²) in [5.41, 5.74) is 5.33. The zero-order chi connectivity index (χ0) is 23.0. The Bertz CT molecular complexity index is 1060. The van der Waals surface area contributed by atoms with E-state index in [1.54, 1.807) is 38.1 Å². The number of sulfonamides is 1. The van der Waals surface area contributed by atoms with Crippen molar-refractivity contribution in [2.45, 2.75) is 18.7 Å². The van der Waals surface area contributed by atoms with Crippen LogP contribution >= 0.6 is 11.6 Å². The number of ether oxygens (including phenoxy) is 1. The molecule has 0 heterocycles. The number of nitrogens with one attached hydrogen (secondary N) is 2. The zero-order valence-corrected chi connectivity index (χ0v) is 19.0. The highest BCUT2D eigenvalue weighted by Crippen LogP contribution is 2.22. The highest BCUT2D eigenvalue weighted by Gasteiger charge is 2.21. The van der Waals surface area contributed by atoms with E-state index in [-0.39, 0.29) is 10.5 Å². The van der Waals surface area contributed by atoms with E-state index >= 15 is 0 Å². The third-order valence-electron chi connectivity index (χ3n) is 4.36. The third-order valence-corrected chi connectivity index (χ3v) is 6.66. The predicted molar refractivity (Wildman–Crippen MR) is 119 cm³/mol. The number of nitrogens with zero attached hydrogens (tertiary/aromatic N) is 1. The Labute approximate surface area is 186 Å². The van der Waals surface area contributed by atoms with Gasteiger partial charge < -0.3 is 4.74 Å². The topological polar surface area (TPSA) is 105 Å². The van der Waals surface area contributed by atoms with Crippen molar-refractivity contribution in [3.8, 4) is 5.75 Å². The molecule has 10 heteroatoms. The minimum Gasteiger partial charge on any atom is -0.496 e. The highest BCUT2D eigenvalue weighted by atomic mass is 35.5. The summed E-state index contributed by atoms with van der Waals surface area (Å²) in [4.78, 5) is 24.4. The van der Waals surface area contributed by atoms with Crippen LogP contribution in [0.5, 0.6) is 5.75 Å². The van der Waals surface area contributed by atoms with E-state index in [0.29, 0.717) is 29.4 Å². The van der Waals surface area contributed by atoms with E-state index in [9.17, 15) is 18.0 Å². The Hall–Kier alpha value is -2.88. The molecule has 2 amide bonds.